The molecule has 0 fully saturated rings. The Bertz CT molecular complexity index is 867. The van der Waals surface area contributed by atoms with Gasteiger partial charge in [0.05, 0.1) is 48.5 Å². The number of methoxy groups -OCH3 is 4. The zero-order chi connectivity index (χ0) is 19.6. The van der Waals surface area contributed by atoms with E-state index < -0.39 is 5.78 Å². The quantitative estimate of drug-likeness (QED) is 0.510. The van der Waals surface area contributed by atoms with Crippen LogP contribution in [0.25, 0.3) is 0 Å². The van der Waals surface area contributed by atoms with E-state index in [4.69, 9.17) is 18.9 Å². The molecule has 0 aliphatic heterocycles. The largest absolute Gasteiger partial charge is 0.504 e. The van der Waals surface area contributed by atoms with Crippen LogP contribution in [0.3, 0.4) is 0 Å². The second kappa shape index (κ2) is 8.49. The Kier molecular flexibility index (Phi) is 6.81. The topological polar surface area (TPSA) is 74.2 Å². The van der Waals surface area contributed by atoms with Crippen molar-refractivity contribution in [2.75, 3.05) is 28.4 Å². The zero-order valence-corrected chi connectivity index (χ0v) is 19.0. The molecular weight excluding hydrogens is 540 g/mol. The van der Waals surface area contributed by atoms with Crippen LogP contribution in [-0.2, 0) is 0 Å². The lowest BCUT2D eigenvalue weighted by Crippen LogP contribution is -2.07. The van der Waals surface area contributed by atoms with E-state index in [1.807, 2.05) is 0 Å². The van der Waals surface area contributed by atoms with Crippen molar-refractivity contribution in [3.8, 4) is 28.7 Å². The first kappa shape index (κ1) is 20.9. The lowest BCUT2D eigenvalue weighted by molar-refractivity contribution is 0.103. The summed E-state index contributed by atoms with van der Waals surface area (Å²) in [7, 11) is 5.77. The SMILES string of the molecule is COc1cc(Br)c(C(=O)c2cc(Br)c(OC)c(OC)c2O)c(Br)c1OC. The van der Waals surface area contributed by atoms with E-state index in [-0.39, 0.29) is 28.4 Å². The molecule has 0 aliphatic carbocycles. The van der Waals surface area contributed by atoms with Gasteiger partial charge in [-0.05, 0) is 59.9 Å². The summed E-state index contributed by atoms with van der Waals surface area (Å²) in [5, 5.41) is 10.5. The maximum Gasteiger partial charge on any atom is 0.205 e. The van der Waals surface area contributed by atoms with Gasteiger partial charge in [-0.25, -0.2) is 0 Å². The third kappa shape index (κ3) is 3.52. The molecule has 1 N–H and O–H groups in total. The van der Waals surface area contributed by atoms with Gasteiger partial charge in [0.1, 0.15) is 0 Å². The van der Waals surface area contributed by atoms with Crippen molar-refractivity contribution < 1.29 is 28.8 Å². The third-order valence-corrected chi connectivity index (χ3v) is 5.58. The van der Waals surface area contributed by atoms with Crippen molar-refractivity contribution >= 4 is 53.6 Å². The molecule has 0 aliphatic rings. The number of hydrogen-bond acceptors (Lipinski definition) is 6. The van der Waals surface area contributed by atoms with Crippen molar-refractivity contribution in [3.05, 3.63) is 36.7 Å². The molecule has 0 unspecified atom stereocenters. The van der Waals surface area contributed by atoms with Crippen LogP contribution in [0.5, 0.6) is 28.7 Å². The lowest BCUT2D eigenvalue weighted by Gasteiger charge is -2.17. The molecule has 0 aromatic heterocycles. The average Bonchev–Trinajstić information content (AvgIpc) is 2.62. The van der Waals surface area contributed by atoms with Crippen LogP contribution in [0.1, 0.15) is 15.9 Å². The molecule has 26 heavy (non-hydrogen) atoms. The standard InChI is InChI=1S/C17H15Br3O6/c1-23-10-6-8(18)11(12(20)16(10)25-3)13(21)7-5-9(19)15(24-2)17(26-4)14(7)22/h5-6,22H,1-4H3. The normalized spacial score (nSPS) is 10.4. The van der Waals surface area contributed by atoms with Crippen molar-refractivity contribution in [2.45, 2.75) is 0 Å². The van der Waals surface area contributed by atoms with E-state index >= 15 is 0 Å². The summed E-state index contributed by atoms with van der Waals surface area (Å²) in [6.07, 6.45) is 0. The molecule has 6 nitrogen and oxygen atoms in total. The predicted octanol–water partition coefficient (Wildman–Crippen LogP) is 4.95. The van der Waals surface area contributed by atoms with Gasteiger partial charge in [-0.15, -0.1) is 0 Å². The van der Waals surface area contributed by atoms with Crippen LogP contribution in [0, 0.1) is 0 Å². The fourth-order valence-corrected chi connectivity index (χ4v) is 4.59. The van der Waals surface area contributed by atoms with Crippen LogP contribution in [0.2, 0.25) is 0 Å². The molecule has 2 aromatic rings. The molecule has 2 aromatic carbocycles. The first-order chi connectivity index (χ1) is 12.3. The summed E-state index contributed by atoms with van der Waals surface area (Å²) in [6.45, 7) is 0. The fourth-order valence-electron chi connectivity index (χ4n) is 2.42. The number of benzene rings is 2. The number of phenols is 1. The van der Waals surface area contributed by atoms with Crippen LogP contribution in [-0.4, -0.2) is 39.3 Å². The Morgan fingerprint density at radius 3 is 1.92 bits per heavy atom. The van der Waals surface area contributed by atoms with Gasteiger partial charge in [0.25, 0.3) is 0 Å². The minimum Gasteiger partial charge on any atom is -0.504 e. The summed E-state index contributed by atoms with van der Waals surface area (Å²) in [5.41, 5.74) is 0.292. The molecule has 0 heterocycles. The highest BCUT2D eigenvalue weighted by Crippen LogP contribution is 2.47. The summed E-state index contributed by atoms with van der Waals surface area (Å²) < 4.78 is 22.3. The molecule has 0 radical (unpaired) electrons. The maximum atomic E-state index is 13.2. The van der Waals surface area contributed by atoms with E-state index in [0.717, 1.165) is 0 Å². The molecule has 0 atom stereocenters. The third-order valence-electron chi connectivity index (χ3n) is 3.61. The number of rotatable bonds is 6. The molecule has 0 amide bonds. The monoisotopic (exact) mass is 552 g/mol. The molecule has 0 saturated heterocycles. The number of carbonyl (C=O) groups is 1. The number of ketones is 1. The molecule has 140 valence electrons. The number of aromatic hydroxyl groups is 1. The van der Waals surface area contributed by atoms with Gasteiger partial charge < -0.3 is 24.1 Å². The first-order valence-corrected chi connectivity index (χ1v) is 9.48. The summed E-state index contributed by atoms with van der Waals surface area (Å²) in [6, 6.07) is 3.08. The number of carbonyl (C=O) groups excluding carboxylic acids is 1. The minimum atomic E-state index is -0.455. The van der Waals surface area contributed by atoms with E-state index in [1.54, 1.807) is 6.07 Å². The van der Waals surface area contributed by atoms with Crippen molar-refractivity contribution in [2.24, 2.45) is 0 Å². The van der Waals surface area contributed by atoms with Crippen molar-refractivity contribution in [1.82, 2.24) is 0 Å². The van der Waals surface area contributed by atoms with Crippen LogP contribution < -0.4 is 18.9 Å². The predicted molar refractivity (Wildman–Crippen MR) is 107 cm³/mol. The minimum absolute atomic E-state index is 0.0307. The van der Waals surface area contributed by atoms with Crippen LogP contribution in [0.4, 0.5) is 0 Å². The Morgan fingerprint density at radius 2 is 1.42 bits per heavy atom. The van der Waals surface area contributed by atoms with Gasteiger partial charge >= 0.3 is 0 Å². The summed E-state index contributed by atoms with van der Waals surface area (Å²) >= 11 is 10.1. The second-order valence-corrected chi connectivity index (χ2v) is 7.43. The zero-order valence-electron chi connectivity index (χ0n) is 14.3. The molecule has 0 spiro atoms. The van der Waals surface area contributed by atoms with E-state index in [1.165, 1.54) is 34.5 Å². The maximum absolute atomic E-state index is 13.2. The molecule has 2 rings (SSSR count). The fraction of sp³-hybridized carbons (Fsp3) is 0.235. The lowest BCUT2D eigenvalue weighted by atomic mass is 10.0. The number of ether oxygens (including phenoxy) is 4. The summed E-state index contributed by atoms with van der Waals surface area (Å²) in [5.74, 6) is 0.360. The highest BCUT2D eigenvalue weighted by atomic mass is 79.9. The van der Waals surface area contributed by atoms with Gasteiger partial charge in [0.15, 0.2) is 28.8 Å². The Labute approximate surface area is 175 Å². The Balaban J connectivity index is 2.73. The van der Waals surface area contributed by atoms with Gasteiger partial charge in [-0.3, -0.25) is 4.79 Å². The molecule has 9 heteroatoms. The van der Waals surface area contributed by atoms with Gasteiger partial charge in [0, 0.05) is 4.47 Å². The van der Waals surface area contributed by atoms with Crippen molar-refractivity contribution in [1.29, 1.82) is 0 Å². The molecule has 0 bridgehead atoms. The van der Waals surface area contributed by atoms with Gasteiger partial charge in [-0.2, -0.15) is 0 Å². The van der Waals surface area contributed by atoms with Crippen molar-refractivity contribution in [3.63, 3.8) is 0 Å². The van der Waals surface area contributed by atoms with Crippen LogP contribution in [0.15, 0.2) is 25.6 Å². The van der Waals surface area contributed by atoms with Gasteiger partial charge in [-0.1, -0.05) is 0 Å². The van der Waals surface area contributed by atoms with E-state index in [2.05, 4.69) is 47.8 Å². The number of halogens is 3. The summed E-state index contributed by atoms with van der Waals surface area (Å²) in [4.78, 5) is 13.2. The number of phenolic OH excluding ortho intramolecular Hbond substituents is 1. The molecule has 0 saturated carbocycles. The second-order valence-electron chi connectivity index (χ2n) is 4.93. The molecular formula is C17H15Br3O6. The van der Waals surface area contributed by atoms with E-state index in [0.29, 0.717) is 24.9 Å². The number of hydrogen-bond donors (Lipinski definition) is 1. The highest BCUT2D eigenvalue weighted by Gasteiger charge is 2.28. The van der Waals surface area contributed by atoms with E-state index in [9.17, 15) is 9.90 Å². The average molecular weight is 555 g/mol. The Hall–Kier alpha value is -1.45. The highest BCUT2D eigenvalue weighted by molar-refractivity contribution is 9.11. The Morgan fingerprint density at radius 1 is 0.846 bits per heavy atom. The first-order valence-electron chi connectivity index (χ1n) is 7.10. The smallest absolute Gasteiger partial charge is 0.205 e. The van der Waals surface area contributed by atoms with Crippen LogP contribution >= 0.6 is 47.8 Å². The van der Waals surface area contributed by atoms with Gasteiger partial charge in [0.2, 0.25) is 5.75 Å².